The third kappa shape index (κ3) is 9.47. The van der Waals surface area contributed by atoms with Gasteiger partial charge in [-0.2, -0.15) is 0 Å². The van der Waals surface area contributed by atoms with Crippen LogP contribution in [0.15, 0.2) is 0 Å². The Balaban J connectivity index is 0. The van der Waals surface area contributed by atoms with E-state index >= 15 is 0 Å². The molecule has 0 N–H and O–H groups in total. The van der Waals surface area contributed by atoms with Crippen molar-refractivity contribution in [2.75, 3.05) is 0 Å². The van der Waals surface area contributed by atoms with Crippen molar-refractivity contribution in [3.8, 4) is 0 Å². The molecule has 0 saturated carbocycles. The Bertz CT molecular complexity index is 95.7. The van der Waals surface area contributed by atoms with Crippen molar-refractivity contribution in [2.24, 2.45) is 5.92 Å². The van der Waals surface area contributed by atoms with Gasteiger partial charge in [0.2, 0.25) is 0 Å². The van der Waals surface area contributed by atoms with Gasteiger partial charge in [0.1, 0.15) is 0 Å². The van der Waals surface area contributed by atoms with E-state index in [-0.39, 0.29) is 18.0 Å². The molecule has 2 nitrogen and oxygen atoms in total. The minimum atomic E-state index is -0.120. The van der Waals surface area contributed by atoms with E-state index in [1.807, 2.05) is 41.5 Å². The van der Waals surface area contributed by atoms with E-state index in [9.17, 15) is 4.79 Å². The summed E-state index contributed by atoms with van der Waals surface area (Å²) in [5, 5.41) is 0. The normalized spacial score (nSPS) is 9.09. The van der Waals surface area contributed by atoms with Gasteiger partial charge in [-0.25, -0.2) is 0 Å². The van der Waals surface area contributed by atoms with Gasteiger partial charge in [-0.15, -0.1) is 0 Å². The van der Waals surface area contributed by atoms with Crippen LogP contribution < -0.4 is 0 Å². The van der Waals surface area contributed by atoms with Gasteiger partial charge in [0, 0.05) is 0 Å². The highest BCUT2D eigenvalue weighted by Gasteiger charge is 2.08. The van der Waals surface area contributed by atoms with Crippen LogP contribution >= 0.6 is 0 Å². The second kappa shape index (κ2) is 7.58. The number of carbonyl (C=O) groups is 1. The van der Waals surface area contributed by atoms with Gasteiger partial charge >= 0.3 is 5.97 Å². The molecule has 0 heterocycles. The van der Waals surface area contributed by atoms with Gasteiger partial charge in [0.25, 0.3) is 0 Å². The van der Waals surface area contributed by atoms with Crippen LogP contribution in [0.3, 0.4) is 0 Å². The number of hydrogen-bond donors (Lipinski definition) is 0. The van der Waals surface area contributed by atoms with E-state index < -0.39 is 0 Å². The SMILES string of the molecule is CC.CC(C)OC(=O)C(C)C. The summed E-state index contributed by atoms with van der Waals surface area (Å²) in [5.74, 6) is -0.127. The van der Waals surface area contributed by atoms with Crippen molar-refractivity contribution >= 4 is 5.97 Å². The van der Waals surface area contributed by atoms with Gasteiger partial charge in [-0.05, 0) is 13.8 Å². The highest BCUT2D eigenvalue weighted by molar-refractivity contribution is 5.71. The van der Waals surface area contributed by atoms with E-state index in [1.165, 1.54) is 0 Å². The summed E-state index contributed by atoms with van der Waals surface area (Å²) < 4.78 is 4.87. The molecule has 11 heavy (non-hydrogen) atoms. The van der Waals surface area contributed by atoms with Crippen LogP contribution in [-0.2, 0) is 9.53 Å². The maximum Gasteiger partial charge on any atom is 0.308 e. The molecular formula is C9H20O2. The lowest BCUT2D eigenvalue weighted by Gasteiger charge is -2.08. The van der Waals surface area contributed by atoms with Gasteiger partial charge in [-0.3, -0.25) is 4.79 Å². The Morgan fingerprint density at radius 2 is 1.45 bits per heavy atom. The first-order valence-electron chi connectivity index (χ1n) is 4.24. The van der Waals surface area contributed by atoms with E-state index in [4.69, 9.17) is 4.74 Å². The molecule has 2 heteroatoms. The fraction of sp³-hybridized carbons (Fsp3) is 0.889. The fourth-order valence-electron chi connectivity index (χ4n) is 0.368. The summed E-state index contributed by atoms with van der Waals surface area (Å²) in [6.07, 6.45) is 0.0138. The van der Waals surface area contributed by atoms with Crippen molar-refractivity contribution in [2.45, 2.75) is 47.6 Å². The Morgan fingerprint density at radius 1 is 1.09 bits per heavy atom. The Morgan fingerprint density at radius 3 is 1.55 bits per heavy atom. The zero-order valence-corrected chi connectivity index (χ0v) is 8.47. The summed E-state index contributed by atoms with van der Waals surface area (Å²) in [4.78, 5) is 10.7. The lowest BCUT2D eigenvalue weighted by molar-refractivity contribution is -0.151. The quantitative estimate of drug-likeness (QED) is 0.580. The minimum absolute atomic E-state index is 0.00704. The zero-order valence-electron chi connectivity index (χ0n) is 8.47. The molecule has 0 radical (unpaired) electrons. The number of rotatable bonds is 2. The molecule has 0 aromatic carbocycles. The van der Waals surface area contributed by atoms with Crippen molar-refractivity contribution in [3.63, 3.8) is 0 Å². The van der Waals surface area contributed by atoms with Crippen LogP contribution in [0.25, 0.3) is 0 Å². The molecule has 0 bridgehead atoms. The summed E-state index contributed by atoms with van der Waals surface area (Å²) in [6, 6.07) is 0. The molecule has 0 unspecified atom stereocenters. The molecule has 0 atom stereocenters. The largest absolute Gasteiger partial charge is 0.463 e. The standard InChI is InChI=1S/C7H14O2.C2H6/c1-5(2)7(8)9-6(3)4;1-2/h5-6H,1-4H3;1-2H3. The molecule has 0 aromatic rings. The second-order valence-electron chi connectivity index (χ2n) is 2.64. The smallest absolute Gasteiger partial charge is 0.308 e. The minimum Gasteiger partial charge on any atom is -0.463 e. The molecule has 0 aliphatic carbocycles. The number of carbonyl (C=O) groups excluding carboxylic acids is 1. The summed E-state index contributed by atoms with van der Waals surface area (Å²) in [5.41, 5.74) is 0. The van der Waals surface area contributed by atoms with Crippen LogP contribution in [0.1, 0.15) is 41.5 Å². The number of hydrogen-bond acceptors (Lipinski definition) is 2. The van der Waals surface area contributed by atoms with Crippen LogP contribution in [0, 0.1) is 5.92 Å². The Kier molecular flexibility index (Phi) is 9.01. The van der Waals surface area contributed by atoms with Crippen molar-refractivity contribution in [1.29, 1.82) is 0 Å². The molecule has 0 rings (SSSR count). The predicted molar refractivity (Wildman–Crippen MR) is 47.4 cm³/mol. The molecule has 68 valence electrons. The molecular weight excluding hydrogens is 140 g/mol. The van der Waals surface area contributed by atoms with Crippen LogP contribution in [-0.4, -0.2) is 12.1 Å². The topological polar surface area (TPSA) is 26.3 Å². The van der Waals surface area contributed by atoms with E-state index in [2.05, 4.69) is 0 Å². The molecule has 0 aliphatic rings. The summed E-state index contributed by atoms with van der Waals surface area (Å²) in [6.45, 7) is 11.3. The van der Waals surface area contributed by atoms with Gasteiger partial charge in [0.05, 0.1) is 12.0 Å². The van der Waals surface area contributed by atoms with E-state index in [1.54, 1.807) is 0 Å². The van der Waals surface area contributed by atoms with Crippen LogP contribution in [0.2, 0.25) is 0 Å². The third-order valence-electron chi connectivity index (χ3n) is 0.823. The number of ether oxygens (including phenoxy) is 1. The van der Waals surface area contributed by atoms with Gasteiger partial charge < -0.3 is 4.74 Å². The monoisotopic (exact) mass is 160 g/mol. The van der Waals surface area contributed by atoms with Gasteiger partial charge in [-0.1, -0.05) is 27.7 Å². The molecule has 0 amide bonds. The van der Waals surface area contributed by atoms with E-state index in [0.29, 0.717) is 0 Å². The average molecular weight is 160 g/mol. The maximum absolute atomic E-state index is 10.7. The highest BCUT2D eigenvalue weighted by atomic mass is 16.5. The van der Waals surface area contributed by atoms with Crippen molar-refractivity contribution in [3.05, 3.63) is 0 Å². The first-order chi connectivity index (χ1) is 5.04. The Hall–Kier alpha value is -0.530. The first kappa shape index (κ1) is 13.1. The van der Waals surface area contributed by atoms with Crippen molar-refractivity contribution < 1.29 is 9.53 Å². The fourth-order valence-corrected chi connectivity index (χ4v) is 0.368. The third-order valence-corrected chi connectivity index (χ3v) is 0.823. The average Bonchev–Trinajstić information content (AvgIpc) is 1.90. The summed E-state index contributed by atoms with van der Waals surface area (Å²) in [7, 11) is 0. The molecule has 0 fully saturated rings. The molecule has 0 saturated heterocycles. The zero-order chi connectivity index (χ0) is 9.44. The maximum atomic E-state index is 10.7. The van der Waals surface area contributed by atoms with Crippen LogP contribution in [0.4, 0.5) is 0 Å². The lowest BCUT2D eigenvalue weighted by Crippen LogP contribution is -2.16. The molecule has 0 aliphatic heterocycles. The van der Waals surface area contributed by atoms with E-state index in [0.717, 1.165) is 0 Å². The first-order valence-corrected chi connectivity index (χ1v) is 4.24. The second-order valence-corrected chi connectivity index (χ2v) is 2.64. The lowest BCUT2D eigenvalue weighted by atomic mass is 10.2. The predicted octanol–water partition coefficient (Wildman–Crippen LogP) is 2.62. The van der Waals surface area contributed by atoms with Crippen LogP contribution in [0.5, 0.6) is 0 Å². The highest BCUT2D eigenvalue weighted by Crippen LogP contribution is 1.98. The Labute approximate surface area is 69.9 Å². The number of esters is 1. The molecule has 0 spiro atoms. The summed E-state index contributed by atoms with van der Waals surface area (Å²) >= 11 is 0. The van der Waals surface area contributed by atoms with Gasteiger partial charge in [0.15, 0.2) is 0 Å². The molecule has 0 aromatic heterocycles. The van der Waals surface area contributed by atoms with Crippen molar-refractivity contribution in [1.82, 2.24) is 0 Å².